The zero-order valence-electron chi connectivity index (χ0n) is 13.8. The van der Waals surface area contributed by atoms with Crippen molar-refractivity contribution < 1.29 is 19.1 Å². The second-order valence-corrected chi connectivity index (χ2v) is 6.32. The Bertz CT molecular complexity index is 803. The molecule has 0 unspecified atom stereocenters. The summed E-state index contributed by atoms with van der Waals surface area (Å²) >= 11 is 8.45. The monoisotopic (exact) mass is 422 g/mol. The lowest BCUT2D eigenvalue weighted by Gasteiger charge is -2.31. The molecule has 2 amide bonds. The maximum absolute atomic E-state index is 12.4. The van der Waals surface area contributed by atoms with Gasteiger partial charge < -0.3 is 9.47 Å². The predicted molar refractivity (Wildman–Crippen MR) is 101 cm³/mol. The summed E-state index contributed by atoms with van der Waals surface area (Å²) in [5.74, 6) is 2.32. The fraction of sp³-hybridized carbons (Fsp3) is 0.235. The summed E-state index contributed by atoms with van der Waals surface area (Å²) in [5, 5.41) is 0.156. The predicted octanol–water partition coefficient (Wildman–Crippen LogP) is 2.07. The van der Waals surface area contributed by atoms with Crippen molar-refractivity contribution in [2.45, 2.75) is 0 Å². The van der Waals surface area contributed by atoms with E-state index < -0.39 is 11.8 Å². The molecule has 6 nitrogen and oxygen atoms in total. The summed E-state index contributed by atoms with van der Waals surface area (Å²) in [5.41, 5.74) is 0.591. The molecule has 1 fully saturated rings. The Kier molecular flexibility index (Phi) is 5.82. The van der Waals surface area contributed by atoms with Gasteiger partial charge in [-0.25, -0.2) is 0 Å². The fourth-order valence-corrected chi connectivity index (χ4v) is 2.96. The minimum Gasteiger partial charge on any atom is -0.493 e. The first-order valence-electron chi connectivity index (χ1n) is 7.07. The Labute approximate surface area is 159 Å². The van der Waals surface area contributed by atoms with Crippen LogP contribution in [0.25, 0.3) is 6.08 Å². The molecular formula is C17H15BrN2O4S. The minimum absolute atomic E-state index is 0.00449. The van der Waals surface area contributed by atoms with E-state index in [1.165, 1.54) is 37.1 Å². The van der Waals surface area contributed by atoms with Crippen molar-refractivity contribution in [3.63, 3.8) is 0 Å². The van der Waals surface area contributed by atoms with Gasteiger partial charge in [0.25, 0.3) is 11.8 Å². The number of amides is 2. The number of hydrogen-bond donors (Lipinski definition) is 0. The van der Waals surface area contributed by atoms with E-state index in [1.54, 1.807) is 12.1 Å². The van der Waals surface area contributed by atoms with Gasteiger partial charge in [-0.15, -0.1) is 6.42 Å². The van der Waals surface area contributed by atoms with Gasteiger partial charge in [0.15, 0.2) is 16.6 Å². The number of ether oxygens (including phenoxy) is 2. The smallest absolute Gasteiger partial charge is 0.265 e. The molecule has 2 rings (SSSR count). The second kappa shape index (κ2) is 7.68. The Morgan fingerprint density at radius 3 is 2.40 bits per heavy atom. The topological polar surface area (TPSA) is 59.1 Å². The lowest BCUT2D eigenvalue weighted by molar-refractivity contribution is -0.132. The van der Waals surface area contributed by atoms with E-state index in [0.717, 1.165) is 0 Å². The van der Waals surface area contributed by atoms with Crippen molar-refractivity contribution in [3.05, 3.63) is 27.7 Å². The molecule has 1 aromatic carbocycles. The van der Waals surface area contributed by atoms with Gasteiger partial charge in [-0.2, -0.15) is 0 Å². The maximum atomic E-state index is 12.4. The number of benzene rings is 1. The third-order valence-corrected chi connectivity index (χ3v) is 4.64. The van der Waals surface area contributed by atoms with Crippen molar-refractivity contribution in [2.75, 3.05) is 27.8 Å². The Morgan fingerprint density at radius 2 is 1.88 bits per heavy atom. The van der Waals surface area contributed by atoms with Crippen LogP contribution >= 0.6 is 28.1 Å². The van der Waals surface area contributed by atoms with Gasteiger partial charge in [0, 0.05) is 14.1 Å². The molecule has 0 aromatic heterocycles. The fourth-order valence-electron chi connectivity index (χ4n) is 2.22. The molecule has 0 N–H and O–H groups in total. The van der Waals surface area contributed by atoms with Gasteiger partial charge in [-0.05, 0) is 51.9 Å². The van der Waals surface area contributed by atoms with Crippen LogP contribution in [0.5, 0.6) is 11.5 Å². The molecule has 0 saturated carbocycles. The summed E-state index contributed by atoms with van der Waals surface area (Å²) < 4.78 is 11.3. The number of halogens is 1. The van der Waals surface area contributed by atoms with Crippen LogP contribution < -0.4 is 9.47 Å². The number of nitrogens with zero attached hydrogens (tertiary/aromatic N) is 2. The van der Waals surface area contributed by atoms with Crippen LogP contribution in [0, 0.1) is 12.3 Å². The zero-order chi connectivity index (χ0) is 18.7. The van der Waals surface area contributed by atoms with E-state index in [-0.39, 0.29) is 17.3 Å². The zero-order valence-corrected chi connectivity index (χ0v) is 16.2. The first-order chi connectivity index (χ1) is 11.8. The largest absolute Gasteiger partial charge is 0.493 e. The van der Waals surface area contributed by atoms with Crippen molar-refractivity contribution in [1.29, 1.82) is 0 Å². The molecule has 0 atom stereocenters. The molecule has 0 aliphatic carbocycles. The Hall–Kier alpha value is -2.37. The third-order valence-electron chi connectivity index (χ3n) is 3.51. The van der Waals surface area contributed by atoms with Crippen molar-refractivity contribution in [2.24, 2.45) is 0 Å². The number of carbonyl (C=O) groups excluding carboxylic acids is 2. The molecule has 1 saturated heterocycles. The molecule has 25 heavy (non-hydrogen) atoms. The van der Waals surface area contributed by atoms with Crippen LogP contribution in [0.2, 0.25) is 0 Å². The van der Waals surface area contributed by atoms with Gasteiger partial charge in [0.2, 0.25) is 0 Å². The number of terminal acetylenes is 1. The highest BCUT2D eigenvalue weighted by Crippen LogP contribution is 2.37. The lowest BCUT2D eigenvalue weighted by atomic mass is 10.1. The van der Waals surface area contributed by atoms with Crippen molar-refractivity contribution >= 4 is 51.2 Å². The molecule has 130 valence electrons. The lowest BCUT2D eigenvalue weighted by Crippen LogP contribution is -2.52. The van der Waals surface area contributed by atoms with E-state index in [2.05, 4.69) is 21.9 Å². The number of carbonyl (C=O) groups is 2. The number of likely N-dealkylation sites (N-methyl/N-ethyl adjacent to an activating group) is 2. The van der Waals surface area contributed by atoms with E-state index in [4.69, 9.17) is 28.1 Å². The van der Waals surface area contributed by atoms with Crippen LogP contribution in [0.4, 0.5) is 0 Å². The quantitative estimate of drug-likeness (QED) is 0.321. The van der Waals surface area contributed by atoms with Crippen molar-refractivity contribution in [3.8, 4) is 23.8 Å². The van der Waals surface area contributed by atoms with Gasteiger partial charge in [-0.1, -0.05) is 5.92 Å². The second-order valence-electron chi connectivity index (χ2n) is 5.10. The first kappa shape index (κ1) is 19.0. The number of thiocarbonyl (C=S) groups is 1. The Balaban J connectivity index is 2.48. The van der Waals surface area contributed by atoms with Crippen LogP contribution in [0.15, 0.2) is 22.2 Å². The minimum atomic E-state index is -0.462. The van der Waals surface area contributed by atoms with Gasteiger partial charge in [0.1, 0.15) is 12.2 Å². The summed E-state index contributed by atoms with van der Waals surface area (Å²) in [6, 6.07) is 3.35. The molecule has 8 heteroatoms. The van der Waals surface area contributed by atoms with E-state index >= 15 is 0 Å². The Morgan fingerprint density at radius 1 is 1.28 bits per heavy atom. The van der Waals surface area contributed by atoms with Crippen LogP contribution in [0.3, 0.4) is 0 Å². The number of rotatable bonds is 4. The molecule has 0 spiro atoms. The first-order valence-corrected chi connectivity index (χ1v) is 8.27. The molecule has 1 aromatic rings. The van der Waals surface area contributed by atoms with Gasteiger partial charge >= 0.3 is 0 Å². The summed E-state index contributed by atoms with van der Waals surface area (Å²) in [6.45, 7) is 0.0827. The molecule has 1 aliphatic rings. The highest BCUT2D eigenvalue weighted by atomic mass is 79.9. The van der Waals surface area contributed by atoms with E-state index in [9.17, 15) is 9.59 Å². The van der Waals surface area contributed by atoms with Gasteiger partial charge in [0.05, 0.1) is 11.6 Å². The van der Waals surface area contributed by atoms with E-state index in [0.29, 0.717) is 21.5 Å². The molecular weight excluding hydrogens is 408 g/mol. The van der Waals surface area contributed by atoms with Crippen LogP contribution in [-0.4, -0.2) is 54.5 Å². The average molecular weight is 423 g/mol. The molecule has 0 radical (unpaired) electrons. The standard InChI is InChI=1S/C17H15BrN2O4S/c1-5-6-24-14-12(18)8-10(9-13(14)23-4)7-11-15(21)19(2)17(25)20(3)16(11)22/h1,7-9H,6H2,2-4H3. The average Bonchev–Trinajstić information content (AvgIpc) is 2.60. The normalized spacial score (nSPS) is 14.5. The summed E-state index contributed by atoms with van der Waals surface area (Å²) in [7, 11) is 4.53. The van der Waals surface area contributed by atoms with Crippen LogP contribution in [-0.2, 0) is 9.59 Å². The third kappa shape index (κ3) is 3.67. The van der Waals surface area contributed by atoms with Crippen LogP contribution in [0.1, 0.15) is 5.56 Å². The summed E-state index contributed by atoms with van der Waals surface area (Å²) in [6.07, 6.45) is 6.69. The molecule has 0 bridgehead atoms. The molecule has 1 heterocycles. The van der Waals surface area contributed by atoms with Gasteiger partial charge in [-0.3, -0.25) is 19.4 Å². The number of hydrogen-bond acceptors (Lipinski definition) is 5. The van der Waals surface area contributed by atoms with Crippen molar-refractivity contribution in [1.82, 2.24) is 9.80 Å². The maximum Gasteiger partial charge on any atom is 0.265 e. The SMILES string of the molecule is C#CCOc1c(Br)cc(C=C2C(=O)N(C)C(=S)N(C)C2=O)cc1OC. The summed E-state index contributed by atoms with van der Waals surface area (Å²) in [4.78, 5) is 27.3. The highest BCUT2D eigenvalue weighted by Gasteiger charge is 2.35. The molecule has 1 aliphatic heterocycles. The number of methoxy groups -OCH3 is 1. The highest BCUT2D eigenvalue weighted by molar-refractivity contribution is 9.10. The van der Waals surface area contributed by atoms with E-state index in [1.807, 2.05) is 0 Å².